The Labute approximate surface area is 75.6 Å². The van der Waals surface area contributed by atoms with Crippen molar-refractivity contribution in [2.75, 3.05) is 12.8 Å². The van der Waals surface area contributed by atoms with Crippen LogP contribution in [0.25, 0.3) is 0 Å². The van der Waals surface area contributed by atoms with E-state index in [4.69, 9.17) is 0 Å². The first-order valence-corrected chi connectivity index (χ1v) is 4.77. The van der Waals surface area contributed by atoms with Gasteiger partial charge in [0.2, 0.25) is 5.91 Å². The molecule has 0 spiro atoms. The van der Waals surface area contributed by atoms with Gasteiger partial charge < -0.3 is 5.32 Å². The average Bonchev–Trinajstić information content (AvgIpc) is 2.47. The molecule has 66 valence electrons. The Balaban J connectivity index is 2.28. The number of nitrogens with one attached hydrogen (secondary N) is 1. The highest BCUT2D eigenvalue weighted by Gasteiger charge is 2.12. The van der Waals surface area contributed by atoms with Crippen molar-refractivity contribution in [1.29, 1.82) is 0 Å². The van der Waals surface area contributed by atoms with Crippen LogP contribution in [0.5, 0.6) is 0 Å². The molecule has 0 bridgehead atoms. The van der Waals surface area contributed by atoms with Crippen LogP contribution in [-0.4, -0.2) is 24.5 Å². The Morgan fingerprint density at radius 3 is 2.92 bits per heavy atom. The van der Waals surface area contributed by atoms with Crippen LogP contribution in [-0.2, 0) is 9.59 Å². The van der Waals surface area contributed by atoms with Gasteiger partial charge in [-0.05, 0) is 17.4 Å². The number of allylic oxidation sites excluding steroid dienone is 2. The molecule has 1 N–H and O–H groups in total. The van der Waals surface area contributed by atoms with Gasteiger partial charge in [0, 0.05) is 13.5 Å². The van der Waals surface area contributed by atoms with Crippen molar-refractivity contribution in [3.05, 3.63) is 11.0 Å². The van der Waals surface area contributed by atoms with Crippen LogP contribution in [0, 0.1) is 0 Å². The van der Waals surface area contributed by atoms with Gasteiger partial charge in [0.15, 0.2) is 5.78 Å². The third-order valence-corrected chi connectivity index (χ3v) is 2.71. The van der Waals surface area contributed by atoms with E-state index in [9.17, 15) is 9.59 Å². The van der Waals surface area contributed by atoms with E-state index >= 15 is 0 Å². The van der Waals surface area contributed by atoms with Crippen molar-refractivity contribution in [2.24, 2.45) is 0 Å². The van der Waals surface area contributed by atoms with Gasteiger partial charge in [-0.3, -0.25) is 9.59 Å². The molecule has 0 fully saturated rings. The zero-order chi connectivity index (χ0) is 8.97. The first-order chi connectivity index (χ1) is 5.72. The fourth-order valence-corrected chi connectivity index (χ4v) is 1.84. The standard InChI is InChI=1S/C8H11NO2S/c1-9-8(11)5-12-7-3-2-6(10)4-7/h4H,2-3,5H2,1H3,(H,9,11). The zero-order valence-corrected chi connectivity index (χ0v) is 7.74. The fourth-order valence-electron chi connectivity index (χ4n) is 0.915. The summed E-state index contributed by atoms with van der Waals surface area (Å²) in [5, 5.41) is 2.53. The van der Waals surface area contributed by atoms with Gasteiger partial charge in [0.05, 0.1) is 5.75 Å². The van der Waals surface area contributed by atoms with Crippen molar-refractivity contribution in [1.82, 2.24) is 5.32 Å². The van der Waals surface area contributed by atoms with Crippen molar-refractivity contribution in [3.8, 4) is 0 Å². The number of hydrogen-bond acceptors (Lipinski definition) is 3. The highest BCUT2D eigenvalue weighted by atomic mass is 32.2. The Bertz CT molecular complexity index is 235. The molecule has 0 atom stereocenters. The second kappa shape index (κ2) is 4.30. The quantitative estimate of drug-likeness (QED) is 0.704. The van der Waals surface area contributed by atoms with Crippen LogP contribution in [0.2, 0.25) is 0 Å². The first-order valence-electron chi connectivity index (χ1n) is 3.79. The number of hydrogen-bond donors (Lipinski definition) is 1. The number of carbonyl (C=O) groups excluding carboxylic acids is 2. The molecular formula is C8H11NO2S. The average molecular weight is 185 g/mol. The molecule has 0 aromatic heterocycles. The molecule has 0 radical (unpaired) electrons. The van der Waals surface area contributed by atoms with E-state index in [0.29, 0.717) is 12.2 Å². The maximum Gasteiger partial charge on any atom is 0.230 e. The van der Waals surface area contributed by atoms with Gasteiger partial charge in [0.25, 0.3) is 0 Å². The van der Waals surface area contributed by atoms with Crippen LogP contribution in [0.3, 0.4) is 0 Å². The molecule has 3 nitrogen and oxygen atoms in total. The Morgan fingerprint density at radius 2 is 2.42 bits per heavy atom. The predicted octanol–water partition coefficient (Wildman–Crippen LogP) is 0.712. The lowest BCUT2D eigenvalue weighted by molar-refractivity contribution is -0.118. The van der Waals surface area contributed by atoms with Crippen molar-refractivity contribution in [2.45, 2.75) is 12.8 Å². The van der Waals surface area contributed by atoms with E-state index < -0.39 is 0 Å². The van der Waals surface area contributed by atoms with Gasteiger partial charge in [-0.15, -0.1) is 11.8 Å². The summed E-state index contributed by atoms with van der Waals surface area (Å²) < 4.78 is 0. The van der Waals surface area contributed by atoms with E-state index in [1.54, 1.807) is 13.1 Å². The molecule has 12 heavy (non-hydrogen) atoms. The largest absolute Gasteiger partial charge is 0.358 e. The molecule has 0 heterocycles. The molecule has 0 saturated heterocycles. The molecule has 0 aliphatic heterocycles. The molecule has 1 rings (SSSR count). The smallest absolute Gasteiger partial charge is 0.230 e. The number of rotatable bonds is 3. The lowest BCUT2D eigenvalue weighted by atomic mass is 10.3. The SMILES string of the molecule is CNC(=O)CSC1=CC(=O)CC1. The first kappa shape index (κ1) is 9.32. The second-order valence-electron chi connectivity index (χ2n) is 2.54. The number of ketones is 1. The Kier molecular flexibility index (Phi) is 3.34. The number of amides is 1. The van der Waals surface area contributed by atoms with Crippen LogP contribution in [0.15, 0.2) is 11.0 Å². The minimum Gasteiger partial charge on any atom is -0.358 e. The highest BCUT2D eigenvalue weighted by Crippen LogP contribution is 2.25. The van der Waals surface area contributed by atoms with Gasteiger partial charge in [-0.2, -0.15) is 0 Å². The van der Waals surface area contributed by atoms with Gasteiger partial charge >= 0.3 is 0 Å². The topological polar surface area (TPSA) is 46.2 Å². The molecule has 0 saturated carbocycles. The third kappa shape index (κ3) is 2.70. The Hall–Kier alpha value is -0.770. The summed E-state index contributed by atoms with van der Waals surface area (Å²) in [6, 6.07) is 0. The second-order valence-corrected chi connectivity index (χ2v) is 3.64. The summed E-state index contributed by atoms with van der Waals surface area (Å²) in [6.45, 7) is 0. The van der Waals surface area contributed by atoms with Crippen LogP contribution in [0.4, 0.5) is 0 Å². The maximum absolute atomic E-state index is 10.8. The predicted molar refractivity (Wildman–Crippen MR) is 48.8 cm³/mol. The summed E-state index contributed by atoms with van der Waals surface area (Å²) in [5.41, 5.74) is 0. The third-order valence-electron chi connectivity index (χ3n) is 1.61. The van der Waals surface area contributed by atoms with E-state index in [-0.39, 0.29) is 11.7 Å². The van der Waals surface area contributed by atoms with Crippen molar-refractivity contribution in [3.63, 3.8) is 0 Å². The summed E-state index contributed by atoms with van der Waals surface area (Å²) in [6.07, 6.45) is 3.05. The minimum atomic E-state index is 0.000231. The monoisotopic (exact) mass is 185 g/mol. The minimum absolute atomic E-state index is 0.000231. The molecule has 1 aliphatic rings. The molecule has 0 unspecified atom stereocenters. The van der Waals surface area contributed by atoms with Crippen LogP contribution >= 0.6 is 11.8 Å². The van der Waals surface area contributed by atoms with E-state index in [2.05, 4.69) is 5.32 Å². The molecule has 0 aromatic rings. The highest BCUT2D eigenvalue weighted by molar-refractivity contribution is 8.03. The molecule has 1 amide bonds. The number of carbonyl (C=O) groups is 2. The van der Waals surface area contributed by atoms with E-state index in [0.717, 1.165) is 11.3 Å². The van der Waals surface area contributed by atoms with Crippen LogP contribution < -0.4 is 5.32 Å². The van der Waals surface area contributed by atoms with Gasteiger partial charge in [0.1, 0.15) is 0 Å². The lowest BCUT2D eigenvalue weighted by Gasteiger charge is -1.99. The van der Waals surface area contributed by atoms with Crippen molar-refractivity contribution < 1.29 is 9.59 Å². The zero-order valence-electron chi connectivity index (χ0n) is 6.92. The van der Waals surface area contributed by atoms with Crippen LogP contribution in [0.1, 0.15) is 12.8 Å². The lowest BCUT2D eigenvalue weighted by Crippen LogP contribution is -2.19. The maximum atomic E-state index is 10.8. The van der Waals surface area contributed by atoms with E-state index in [1.165, 1.54) is 11.8 Å². The number of thioether (sulfide) groups is 1. The summed E-state index contributed by atoms with van der Waals surface area (Å²) in [5.74, 6) is 0.588. The van der Waals surface area contributed by atoms with Crippen molar-refractivity contribution >= 4 is 23.5 Å². The summed E-state index contributed by atoms with van der Waals surface area (Å²) >= 11 is 1.45. The fraction of sp³-hybridized carbons (Fsp3) is 0.500. The molecule has 4 heteroatoms. The molecule has 0 aromatic carbocycles. The van der Waals surface area contributed by atoms with Gasteiger partial charge in [-0.25, -0.2) is 0 Å². The summed E-state index contributed by atoms with van der Waals surface area (Å²) in [7, 11) is 1.61. The normalized spacial score (nSPS) is 16.1. The van der Waals surface area contributed by atoms with Gasteiger partial charge in [-0.1, -0.05) is 0 Å². The molecular weight excluding hydrogens is 174 g/mol. The molecule has 1 aliphatic carbocycles. The Morgan fingerprint density at radius 1 is 1.67 bits per heavy atom. The summed E-state index contributed by atoms with van der Waals surface area (Å²) in [4.78, 5) is 22.6. The van der Waals surface area contributed by atoms with E-state index in [1.807, 2.05) is 0 Å².